The first-order chi connectivity index (χ1) is 4.20. The van der Waals surface area contributed by atoms with Crippen LogP contribution in [-0.2, 0) is 0 Å². The van der Waals surface area contributed by atoms with Gasteiger partial charge in [-0.2, -0.15) is 0 Å². The molecule has 9 heavy (non-hydrogen) atoms. The lowest BCUT2D eigenvalue weighted by molar-refractivity contribution is 0.772. The van der Waals surface area contributed by atoms with Gasteiger partial charge in [-0.3, -0.25) is 5.43 Å². The summed E-state index contributed by atoms with van der Waals surface area (Å²) >= 11 is 6.48. The summed E-state index contributed by atoms with van der Waals surface area (Å²) in [5.41, 5.74) is 6.94. The summed E-state index contributed by atoms with van der Waals surface area (Å²) in [5, 5.41) is 0. The topological polar surface area (TPSA) is 24.1 Å². The first kappa shape index (κ1) is 6.89. The zero-order valence-electron chi connectivity index (χ0n) is 5.32. The minimum Gasteiger partial charge on any atom is -0.303 e. The number of hydrazine groups is 1. The van der Waals surface area contributed by atoms with E-state index in [-0.39, 0.29) is 0 Å². The van der Waals surface area contributed by atoms with E-state index in [1.807, 2.05) is 13.8 Å². The van der Waals surface area contributed by atoms with E-state index >= 15 is 0 Å². The van der Waals surface area contributed by atoms with Gasteiger partial charge in [-0.05, 0) is 13.8 Å². The Bertz CT molecular complexity index is 174. The molecule has 0 radical (unpaired) electrons. The molecule has 50 valence electrons. The molecular weight excluding hydrogens is 152 g/mol. The van der Waals surface area contributed by atoms with Crippen LogP contribution in [0.3, 0.4) is 0 Å². The molecule has 0 saturated heterocycles. The second-order valence-electron chi connectivity index (χ2n) is 1.82. The molecular formula is C5H8N2S2. The van der Waals surface area contributed by atoms with Crippen LogP contribution in [0.1, 0.15) is 13.8 Å². The maximum Gasteiger partial charge on any atom is 0.156 e. The smallest absolute Gasteiger partial charge is 0.156 e. The maximum absolute atomic E-state index is 4.89. The van der Waals surface area contributed by atoms with E-state index in [1.165, 1.54) is 4.91 Å². The summed E-state index contributed by atoms with van der Waals surface area (Å²) in [6.45, 7) is 4.05. The fourth-order valence-corrected chi connectivity index (χ4v) is 1.48. The Morgan fingerprint density at radius 1 is 1.33 bits per heavy atom. The number of rotatable bonds is 0. The van der Waals surface area contributed by atoms with Gasteiger partial charge < -0.3 is 5.43 Å². The van der Waals surface area contributed by atoms with Gasteiger partial charge in [0, 0.05) is 10.6 Å². The Balaban J connectivity index is 2.72. The molecule has 0 aromatic carbocycles. The third kappa shape index (κ3) is 1.59. The second-order valence-corrected chi connectivity index (χ2v) is 3.71. The number of hydrogen-bond donors (Lipinski definition) is 2. The monoisotopic (exact) mass is 160 g/mol. The van der Waals surface area contributed by atoms with Crippen LogP contribution < -0.4 is 10.9 Å². The number of thiocarbonyl (C=S) groups is 1. The lowest BCUT2D eigenvalue weighted by atomic mass is 10.5. The number of thioether (sulfide) groups is 1. The second kappa shape index (κ2) is 2.58. The molecule has 1 rings (SSSR count). The predicted octanol–water partition coefficient (Wildman–Crippen LogP) is 1.36. The summed E-state index contributed by atoms with van der Waals surface area (Å²) < 4.78 is 0.790. The zero-order valence-corrected chi connectivity index (χ0v) is 6.95. The van der Waals surface area contributed by atoms with Crippen molar-refractivity contribution in [2.75, 3.05) is 0 Å². The van der Waals surface area contributed by atoms with Crippen molar-refractivity contribution in [2.45, 2.75) is 13.8 Å². The van der Waals surface area contributed by atoms with E-state index in [9.17, 15) is 0 Å². The van der Waals surface area contributed by atoms with Crippen LogP contribution in [0.2, 0.25) is 0 Å². The summed E-state index contributed by atoms with van der Waals surface area (Å²) in [5.74, 6) is 0. The first-order valence-corrected chi connectivity index (χ1v) is 3.84. The SMILES string of the molecule is CC1=C(C)SC(=S)NN1. The quantitative estimate of drug-likeness (QED) is 0.523. The normalized spacial score (nSPS) is 19.1. The van der Waals surface area contributed by atoms with Crippen LogP contribution in [0.25, 0.3) is 0 Å². The third-order valence-electron chi connectivity index (χ3n) is 1.13. The van der Waals surface area contributed by atoms with Crippen molar-refractivity contribution in [3.05, 3.63) is 10.6 Å². The van der Waals surface area contributed by atoms with Crippen molar-refractivity contribution in [2.24, 2.45) is 0 Å². The molecule has 0 amide bonds. The molecule has 1 heterocycles. The lowest BCUT2D eigenvalue weighted by Gasteiger charge is -2.18. The van der Waals surface area contributed by atoms with Crippen LogP contribution in [0.4, 0.5) is 0 Å². The highest BCUT2D eigenvalue weighted by atomic mass is 32.2. The summed E-state index contributed by atoms with van der Waals surface area (Å²) in [6.07, 6.45) is 0. The molecule has 1 aliphatic heterocycles. The van der Waals surface area contributed by atoms with Gasteiger partial charge in [-0.25, -0.2) is 0 Å². The first-order valence-electron chi connectivity index (χ1n) is 2.61. The number of allylic oxidation sites excluding steroid dienone is 2. The Labute approximate surface area is 64.1 Å². The Hall–Kier alpha value is -0.220. The van der Waals surface area contributed by atoms with Gasteiger partial charge in [-0.1, -0.05) is 24.0 Å². The van der Waals surface area contributed by atoms with Gasteiger partial charge in [0.15, 0.2) is 4.32 Å². The molecule has 0 spiro atoms. The highest BCUT2D eigenvalue weighted by molar-refractivity contribution is 8.25. The van der Waals surface area contributed by atoms with Gasteiger partial charge in [0.2, 0.25) is 0 Å². The van der Waals surface area contributed by atoms with Crippen molar-refractivity contribution < 1.29 is 0 Å². The summed E-state index contributed by atoms with van der Waals surface area (Å²) in [7, 11) is 0. The van der Waals surface area contributed by atoms with Crippen LogP contribution in [0.15, 0.2) is 10.6 Å². The highest BCUT2D eigenvalue weighted by Crippen LogP contribution is 2.20. The van der Waals surface area contributed by atoms with Crippen LogP contribution >= 0.6 is 24.0 Å². The van der Waals surface area contributed by atoms with Crippen molar-refractivity contribution in [1.82, 2.24) is 10.9 Å². The average Bonchev–Trinajstić information content (AvgIpc) is 1.80. The van der Waals surface area contributed by atoms with Gasteiger partial charge in [0.25, 0.3) is 0 Å². The zero-order chi connectivity index (χ0) is 6.85. The molecule has 0 aromatic rings. The van der Waals surface area contributed by atoms with Crippen LogP contribution in [0.5, 0.6) is 0 Å². The van der Waals surface area contributed by atoms with E-state index in [0.717, 1.165) is 10.0 Å². The van der Waals surface area contributed by atoms with Crippen molar-refractivity contribution >= 4 is 28.3 Å². The molecule has 0 aliphatic carbocycles. The van der Waals surface area contributed by atoms with E-state index in [4.69, 9.17) is 12.2 Å². The Kier molecular flexibility index (Phi) is 1.97. The molecule has 4 heteroatoms. The highest BCUT2D eigenvalue weighted by Gasteiger charge is 2.07. The number of nitrogens with one attached hydrogen (secondary N) is 2. The summed E-state index contributed by atoms with van der Waals surface area (Å²) in [4.78, 5) is 1.23. The van der Waals surface area contributed by atoms with Crippen molar-refractivity contribution in [1.29, 1.82) is 0 Å². The standard InChI is InChI=1S/C5H8N2S2/c1-3-4(2)9-5(8)7-6-3/h6H,1-2H3,(H,7,8). The largest absolute Gasteiger partial charge is 0.303 e. The number of hydrogen-bond acceptors (Lipinski definition) is 3. The minimum absolute atomic E-state index is 0.790. The van der Waals surface area contributed by atoms with Gasteiger partial charge in [0.1, 0.15) is 0 Å². The minimum atomic E-state index is 0.790. The molecule has 0 aromatic heterocycles. The Morgan fingerprint density at radius 3 is 2.44 bits per heavy atom. The van der Waals surface area contributed by atoms with E-state index in [0.29, 0.717) is 0 Å². The van der Waals surface area contributed by atoms with Crippen molar-refractivity contribution in [3.8, 4) is 0 Å². The van der Waals surface area contributed by atoms with Crippen molar-refractivity contribution in [3.63, 3.8) is 0 Å². The van der Waals surface area contributed by atoms with Crippen LogP contribution in [-0.4, -0.2) is 4.32 Å². The fraction of sp³-hybridized carbons (Fsp3) is 0.400. The van der Waals surface area contributed by atoms with E-state index < -0.39 is 0 Å². The molecule has 0 bridgehead atoms. The third-order valence-corrected chi connectivity index (χ3v) is 2.38. The molecule has 1 aliphatic rings. The van der Waals surface area contributed by atoms with Gasteiger partial charge in [-0.15, -0.1) is 0 Å². The maximum atomic E-state index is 4.89. The molecule has 0 fully saturated rings. The molecule has 2 N–H and O–H groups in total. The lowest BCUT2D eigenvalue weighted by Crippen LogP contribution is -2.36. The Morgan fingerprint density at radius 2 is 2.00 bits per heavy atom. The van der Waals surface area contributed by atoms with Crippen LogP contribution in [0, 0.1) is 0 Å². The van der Waals surface area contributed by atoms with E-state index in [1.54, 1.807) is 11.8 Å². The van der Waals surface area contributed by atoms with Gasteiger partial charge in [0.05, 0.1) is 0 Å². The predicted molar refractivity (Wildman–Crippen MR) is 44.8 cm³/mol. The molecule has 0 unspecified atom stereocenters. The van der Waals surface area contributed by atoms with Gasteiger partial charge >= 0.3 is 0 Å². The molecule has 0 saturated carbocycles. The fourth-order valence-electron chi connectivity index (χ4n) is 0.474. The molecule has 2 nitrogen and oxygen atoms in total. The molecule has 0 atom stereocenters. The summed E-state index contributed by atoms with van der Waals surface area (Å²) in [6, 6.07) is 0. The van der Waals surface area contributed by atoms with E-state index in [2.05, 4.69) is 10.9 Å². The average molecular weight is 160 g/mol.